The monoisotopic (exact) mass is 386 g/mol. The Labute approximate surface area is 164 Å². The molecule has 5 nitrogen and oxygen atoms in total. The summed E-state index contributed by atoms with van der Waals surface area (Å²) in [6.45, 7) is 2.39. The number of hydrogen-bond donors (Lipinski definition) is 2. The topological polar surface area (TPSA) is 67.4 Å². The maximum Gasteiger partial charge on any atom is 0.251 e. The third kappa shape index (κ3) is 6.00. The zero-order valence-corrected chi connectivity index (χ0v) is 16.0. The van der Waals surface area contributed by atoms with Gasteiger partial charge in [0.05, 0.1) is 6.61 Å². The fourth-order valence-corrected chi connectivity index (χ4v) is 2.84. The summed E-state index contributed by atoms with van der Waals surface area (Å²) in [4.78, 5) is 24.0. The Bertz CT molecular complexity index is 817. The quantitative estimate of drug-likeness (QED) is 0.663. The first-order valence-electron chi connectivity index (χ1n) is 9.11. The third-order valence-electron chi connectivity index (χ3n) is 4.29. The molecule has 6 heteroatoms. The van der Waals surface area contributed by atoms with Crippen molar-refractivity contribution in [2.75, 3.05) is 11.9 Å². The van der Waals surface area contributed by atoms with Gasteiger partial charge in [-0.3, -0.25) is 9.59 Å². The van der Waals surface area contributed by atoms with Crippen LogP contribution in [0.1, 0.15) is 41.6 Å². The van der Waals surface area contributed by atoms with E-state index in [9.17, 15) is 9.59 Å². The van der Waals surface area contributed by atoms with Crippen LogP contribution >= 0.6 is 11.6 Å². The van der Waals surface area contributed by atoms with Gasteiger partial charge in [-0.1, -0.05) is 11.6 Å². The second-order valence-electron chi connectivity index (χ2n) is 6.74. The van der Waals surface area contributed by atoms with Gasteiger partial charge in [0.1, 0.15) is 5.75 Å². The number of anilines is 1. The molecule has 1 aliphatic carbocycles. The van der Waals surface area contributed by atoms with Gasteiger partial charge in [-0.25, -0.2) is 0 Å². The summed E-state index contributed by atoms with van der Waals surface area (Å²) in [5.74, 6) is 0.631. The highest BCUT2D eigenvalue weighted by molar-refractivity contribution is 6.30. The molecule has 0 aliphatic heterocycles. The zero-order chi connectivity index (χ0) is 19.2. The summed E-state index contributed by atoms with van der Waals surface area (Å²) < 4.78 is 5.69. The standard InChI is InChI=1S/C21H23ClN2O3/c1-14-13-16(22)6-11-19(14)27-12-2-3-20(25)23-17-7-4-15(5-8-17)21(26)24-18-9-10-18/h4-8,11,13,18H,2-3,9-10,12H2,1H3,(H,23,25)(H,24,26). The number of ether oxygens (including phenoxy) is 1. The van der Waals surface area contributed by atoms with Crippen molar-refractivity contribution >= 4 is 29.1 Å². The minimum absolute atomic E-state index is 0.0648. The lowest BCUT2D eigenvalue weighted by atomic mass is 10.2. The van der Waals surface area contributed by atoms with Crippen molar-refractivity contribution in [1.82, 2.24) is 5.32 Å². The van der Waals surface area contributed by atoms with Gasteiger partial charge in [0.2, 0.25) is 5.91 Å². The van der Waals surface area contributed by atoms with E-state index in [1.807, 2.05) is 19.1 Å². The lowest BCUT2D eigenvalue weighted by molar-refractivity contribution is -0.116. The fraction of sp³-hybridized carbons (Fsp3) is 0.333. The molecule has 0 saturated heterocycles. The number of nitrogens with one attached hydrogen (secondary N) is 2. The average molecular weight is 387 g/mol. The van der Waals surface area contributed by atoms with Gasteiger partial charge in [0.25, 0.3) is 5.91 Å². The molecule has 3 rings (SSSR count). The molecule has 0 atom stereocenters. The first-order valence-corrected chi connectivity index (χ1v) is 9.49. The van der Waals surface area contributed by atoms with Crippen LogP contribution in [0.25, 0.3) is 0 Å². The van der Waals surface area contributed by atoms with Crippen LogP contribution < -0.4 is 15.4 Å². The van der Waals surface area contributed by atoms with Gasteiger partial charge in [-0.2, -0.15) is 0 Å². The number of rotatable bonds is 8. The number of benzene rings is 2. The third-order valence-corrected chi connectivity index (χ3v) is 4.52. The Morgan fingerprint density at radius 3 is 2.56 bits per heavy atom. The molecule has 1 saturated carbocycles. The van der Waals surface area contributed by atoms with E-state index in [0.717, 1.165) is 24.2 Å². The lowest BCUT2D eigenvalue weighted by Crippen LogP contribution is -2.25. The molecule has 2 aromatic carbocycles. The van der Waals surface area contributed by atoms with E-state index in [-0.39, 0.29) is 11.8 Å². The minimum atomic E-state index is -0.0818. The molecule has 0 spiro atoms. The predicted molar refractivity (Wildman–Crippen MR) is 106 cm³/mol. The molecular weight excluding hydrogens is 364 g/mol. The zero-order valence-electron chi connectivity index (χ0n) is 15.3. The Morgan fingerprint density at radius 1 is 1.15 bits per heavy atom. The Morgan fingerprint density at radius 2 is 1.89 bits per heavy atom. The Balaban J connectivity index is 1.39. The minimum Gasteiger partial charge on any atom is -0.493 e. The van der Waals surface area contributed by atoms with Crippen molar-refractivity contribution in [2.24, 2.45) is 0 Å². The van der Waals surface area contributed by atoms with E-state index in [4.69, 9.17) is 16.3 Å². The lowest BCUT2D eigenvalue weighted by Gasteiger charge is -2.10. The molecule has 2 aromatic rings. The smallest absolute Gasteiger partial charge is 0.251 e. The number of carbonyl (C=O) groups excluding carboxylic acids is 2. The van der Waals surface area contributed by atoms with Crippen LogP contribution in [0, 0.1) is 6.92 Å². The van der Waals surface area contributed by atoms with E-state index >= 15 is 0 Å². The highest BCUT2D eigenvalue weighted by Gasteiger charge is 2.23. The predicted octanol–water partition coefficient (Wildman–Crippen LogP) is 4.34. The molecule has 27 heavy (non-hydrogen) atoms. The van der Waals surface area contributed by atoms with Gasteiger partial charge < -0.3 is 15.4 Å². The number of hydrogen-bond acceptors (Lipinski definition) is 3. The van der Waals surface area contributed by atoms with E-state index < -0.39 is 0 Å². The number of amides is 2. The maximum atomic E-state index is 12.0. The summed E-state index contributed by atoms with van der Waals surface area (Å²) in [5, 5.41) is 6.45. The van der Waals surface area contributed by atoms with Crippen molar-refractivity contribution in [3.63, 3.8) is 0 Å². The second-order valence-corrected chi connectivity index (χ2v) is 7.17. The molecule has 142 valence electrons. The van der Waals surface area contributed by atoms with Crippen LogP contribution in [-0.2, 0) is 4.79 Å². The van der Waals surface area contributed by atoms with E-state index in [2.05, 4.69) is 10.6 Å². The summed E-state index contributed by atoms with van der Waals surface area (Å²) in [6, 6.07) is 12.7. The van der Waals surface area contributed by atoms with Crippen LogP contribution in [-0.4, -0.2) is 24.5 Å². The normalized spacial score (nSPS) is 13.1. The van der Waals surface area contributed by atoms with Gasteiger partial charge >= 0.3 is 0 Å². The molecule has 0 aromatic heterocycles. The fourth-order valence-electron chi connectivity index (χ4n) is 2.61. The van der Waals surface area contributed by atoms with E-state index in [1.54, 1.807) is 30.3 Å². The van der Waals surface area contributed by atoms with E-state index in [1.165, 1.54) is 0 Å². The molecule has 0 heterocycles. The van der Waals surface area contributed by atoms with Crippen LogP contribution in [0.3, 0.4) is 0 Å². The van der Waals surface area contributed by atoms with Gasteiger partial charge in [-0.05, 0) is 74.2 Å². The molecule has 2 amide bonds. The highest BCUT2D eigenvalue weighted by atomic mass is 35.5. The number of carbonyl (C=O) groups is 2. The Hall–Kier alpha value is -2.53. The maximum absolute atomic E-state index is 12.0. The van der Waals surface area contributed by atoms with Crippen LogP contribution in [0.5, 0.6) is 5.75 Å². The van der Waals surface area contributed by atoms with Crippen LogP contribution in [0.4, 0.5) is 5.69 Å². The van der Waals surface area contributed by atoms with Crippen molar-refractivity contribution in [1.29, 1.82) is 0 Å². The summed E-state index contributed by atoms with van der Waals surface area (Å²) >= 11 is 5.92. The molecule has 0 bridgehead atoms. The molecule has 0 unspecified atom stereocenters. The van der Waals surface area contributed by atoms with Gasteiger partial charge in [0, 0.05) is 28.7 Å². The molecule has 0 radical (unpaired) electrons. The summed E-state index contributed by atoms with van der Waals surface area (Å²) in [7, 11) is 0. The summed E-state index contributed by atoms with van der Waals surface area (Å²) in [6.07, 6.45) is 3.08. The SMILES string of the molecule is Cc1cc(Cl)ccc1OCCCC(=O)Nc1ccc(C(=O)NC2CC2)cc1. The average Bonchev–Trinajstić information content (AvgIpc) is 3.45. The van der Waals surface area contributed by atoms with Crippen molar-refractivity contribution < 1.29 is 14.3 Å². The second kappa shape index (κ2) is 8.91. The number of halogens is 1. The van der Waals surface area contributed by atoms with E-state index in [0.29, 0.717) is 41.8 Å². The molecule has 1 fully saturated rings. The molecule has 1 aliphatic rings. The van der Waals surface area contributed by atoms with Gasteiger partial charge in [-0.15, -0.1) is 0 Å². The van der Waals surface area contributed by atoms with Crippen LogP contribution in [0.15, 0.2) is 42.5 Å². The van der Waals surface area contributed by atoms with Gasteiger partial charge in [0.15, 0.2) is 0 Å². The molecule has 2 N–H and O–H groups in total. The number of aryl methyl sites for hydroxylation is 1. The first-order chi connectivity index (χ1) is 13.0. The highest BCUT2D eigenvalue weighted by Crippen LogP contribution is 2.22. The van der Waals surface area contributed by atoms with Crippen molar-refractivity contribution in [2.45, 2.75) is 38.6 Å². The summed E-state index contributed by atoms with van der Waals surface area (Å²) in [5.41, 5.74) is 2.25. The first kappa shape index (κ1) is 19.2. The van der Waals surface area contributed by atoms with Crippen molar-refractivity contribution in [3.8, 4) is 5.75 Å². The van der Waals surface area contributed by atoms with Crippen molar-refractivity contribution in [3.05, 3.63) is 58.6 Å². The Kier molecular flexibility index (Phi) is 6.35. The van der Waals surface area contributed by atoms with Crippen LogP contribution in [0.2, 0.25) is 5.02 Å². The molecular formula is C21H23ClN2O3. The largest absolute Gasteiger partial charge is 0.493 e.